The Balaban J connectivity index is 2.05. The first-order chi connectivity index (χ1) is 15.4. The molecule has 32 heavy (non-hydrogen) atoms. The molecule has 0 saturated carbocycles. The molecule has 0 aromatic heterocycles. The summed E-state index contributed by atoms with van der Waals surface area (Å²) >= 11 is 0. The first-order valence-electron chi connectivity index (χ1n) is 11.2. The second kappa shape index (κ2) is 10.5. The van der Waals surface area contributed by atoms with Gasteiger partial charge in [-0.15, -0.1) is 0 Å². The van der Waals surface area contributed by atoms with Gasteiger partial charge in [-0.05, 0) is 44.6 Å². The van der Waals surface area contributed by atoms with E-state index < -0.39 is 17.7 Å². The Morgan fingerprint density at radius 2 is 1.66 bits per heavy atom. The zero-order chi connectivity index (χ0) is 23.3. The molecule has 2 aromatic rings. The Bertz CT molecular complexity index is 963. The van der Waals surface area contributed by atoms with E-state index in [2.05, 4.69) is 18.7 Å². The number of benzene rings is 2. The number of hydrogen-bond acceptors (Lipinski definition) is 5. The van der Waals surface area contributed by atoms with Gasteiger partial charge in [0.05, 0.1) is 17.7 Å². The van der Waals surface area contributed by atoms with E-state index in [4.69, 9.17) is 4.74 Å². The minimum atomic E-state index is -0.654. The number of aliphatic hydroxyl groups excluding tert-OH is 1. The van der Waals surface area contributed by atoms with E-state index in [-0.39, 0.29) is 17.4 Å². The molecule has 0 bridgehead atoms. The molecule has 6 nitrogen and oxygen atoms in total. The number of carbonyl (C=O) groups excluding carboxylic acids is 2. The normalized spacial score (nSPS) is 18.1. The molecule has 3 rings (SSSR count). The Labute approximate surface area is 190 Å². The van der Waals surface area contributed by atoms with Crippen LogP contribution in [-0.2, 0) is 9.59 Å². The zero-order valence-corrected chi connectivity index (χ0v) is 19.2. The lowest BCUT2D eigenvalue weighted by atomic mass is 9.95. The van der Waals surface area contributed by atoms with Crippen LogP contribution < -0.4 is 4.74 Å². The predicted octanol–water partition coefficient (Wildman–Crippen LogP) is 4.24. The average Bonchev–Trinajstić information content (AvgIpc) is 3.05. The van der Waals surface area contributed by atoms with Crippen LogP contribution in [0.25, 0.3) is 5.76 Å². The van der Waals surface area contributed by atoms with E-state index in [1.807, 2.05) is 44.2 Å². The van der Waals surface area contributed by atoms with Crippen molar-refractivity contribution in [2.45, 2.75) is 39.8 Å². The number of aliphatic hydroxyl groups is 1. The number of ketones is 1. The lowest BCUT2D eigenvalue weighted by molar-refractivity contribution is -0.140. The maximum absolute atomic E-state index is 13.1. The number of ether oxygens (including phenoxy) is 1. The predicted molar refractivity (Wildman–Crippen MR) is 125 cm³/mol. The summed E-state index contributed by atoms with van der Waals surface area (Å²) in [5.74, 6) is -0.672. The van der Waals surface area contributed by atoms with Gasteiger partial charge in [0, 0.05) is 18.7 Å². The van der Waals surface area contributed by atoms with E-state index >= 15 is 0 Å². The Kier molecular flexibility index (Phi) is 7.70. The van der Waals surface area contributed by atoms with Crippen molar-refractivity contribution >= 4 is 17.4 Å². The van der Waals surface area contributed by atoms with Crippen molar-refractivity contribution in [1.82, 2.24) is 9.80 Å². The van der Waals surface area contributed by atoms with Crippen LogP contribution in [0.4, 0.5) is 0 Å². The number of rotatable bonds is 9. The molecule has 0 aliphatic carbocycles. The number of nitrogens with zero attached hydrogens (tertiary/aromatic N) is 2. The summed E-state index contributed by atoms with van der Waals surface area (Å²) < 4.78 is 5.74. The first kappa shape index (κ1) is 23.5. The van der Waals surface area contributed by atoms with Gasteiger partial charge in [0.1, 0.15) is 11.5 Å². The van der Waals surface area contributed by atoms with E-state index in [1.54, 1.807) is 29.2 Å². The summed E-state index contributed by atoms with van der Waals surface area (Å²) in [6, 6.07) is 15.6. The van der Waals surface area contributed by atoms with Gasteiger partial charge in [0.2, 0.25) is 0 Å². The highest BCUT2D eigenvalue weighted by atomic mass is 16.5. The van der Waals surface area contributed by atoms with Crippen LogP contribution >= 0.6 is 0 Å². The van der Waals surface area contributed by atoms with Crippen molar-refractivity contribution in [2.75, 3.05) is 26.2 Å². The maximum Gasteiger partial charge on any atom is 0.295 e. The van der Waals surface area contributed by atoms with E-state index in [0.29, 0.717) is 24.4 Å². The van der Waals surface area contributed by atoms with Gasteiger partial charge in [-0.1, -0.05) is 56.3 Å². The Morgan fingerprint density at radius 1 is 1.03 bits per heavy atom. The minimum absolute atomic E-state index is 0.0404. The molecular formula is C26H32N2O4. The fraction of sp³-hybridized carbons (Fsp3) is 0.385. The number of carbonyl (C=O) groups is 2. The topological polar surface area (TPSA) is 70.1 Å². The van der Waals surface area contributed by atoms with E-state index in [1.165, 1.54) is 0 Å². The number of hydrogen-bond donors (Lipinski definition) is 1. The standard InChI is InChI=1S/C26H32N2O4/c1-5-27(6-2)16-17-28-23(19-12-14-21(15-13-19)32-18(3)4)22(25(30)26(28)31)24(29)20-10-8-7-9-11-20/h7-15,18,23,29H,5-6,16-17H2,1-4H3/b24-22+. The third-order valence-corrected chi connectivity index (χ3v) is 5.71. The lowest BCUT2D eigenvalue weighted by Crippen LogP contribution is -2.38. The van der Waals surface area contributed by atoms with Crippen molar-refractivity contribution < 1.29 is 19.4 Å². The second-order valence-electron chi connectivity index (χ2n) is 8.12. The highest BCUT2D eigenvalue weighted by Crippen LogP contribution is 2.39. The molecule has 1 aliphatic heterocycles. The van der Waals surface area contributed by atoms with E-state index in [9.17, 15) is 14.7 Å². The van der Waals surface area contributed by atoms with Crippen molar-refractivity contribution in [3.8, 4) is 5.75 Å². The number of amides is 1. The van der Waals surface area contributed by atoms with Gasteiger partial charge in [-0.25, -0.2) is 0 Å². The quantitative estimate of drug-likeness (QED) is 0.362. The summed E-state index contributed by atoms with van der Waals surface area (Å²) in [5.41, 5.74) is 1.40. The van der Waals surface area contributed by atoms with Crippen molar-refractivity contribution in [3.63, 3.8) is 0 Å². The maximum atomic E-state index is 13.1. The Hall–Kier alpha value is -3.12. The highest BCUT2D eigenvalue weighted by molar-refractivity contribution is 6.46. The number of Topliss-reactive ketones (excluding diaryl/α,β-unsaturated/α-hetero) is 1. The molecule has 1 fully saturated rings. The van der Waals surface area contributed by atoms with Gasteiger partial charge in [-0.2, -0.15) is 0 Å². The van der Waals surface area contributed by atoms with Gasteiger partial charge >= 0.3 is 0 Å². The number of likely N-dealkylation sites (tertiary alicyclic amines) is 1. The molecule has 2 aromatic carbocycles. The zero-order valence-electron chi connectivity index (χ0n) is 19.2. The average molecular weight is 437 g/mol. The van der Waals surface area contributed by atoms with Crippen LogP contribution in [0.2, 0.25) is 0 Å². The van der Waals surface area contributed by atoms with Gasteiger partial charge in [0.15, 0.2) is 0 Å². The molecule has 170 valence electrons. The van der Waals surface area contributed by atoms with Crippen LogP contribution in [0.15, 0.2) is 60.2 Å². The first-order valence-corrected chi connectivity index (χ1v) is 11.2. The molecule has 1 amide bonds. The molecule has 1 N–H and O–H groups in total. The molecular weight excluding hydrogens is 404 g/mol. The monoisotopic (exact) mass is 436 g/mol. The molecule has 1 heterocycles. The minimum Gasteiger partial charge on any atom is -0.507 e. The summed E-state index contributed by atoms with van der Waals surface area (Å²) in [7, 11) is 0. The van der Waals surface area contributed by atoms with Crippen LogP contribution in [-0.4, -0.2) is 58.9 Å². The third kappa shape index (κ3) is 5.02. The Morgan fingerprint density at radius 3 is 2.22 bits per heavy atom. The van der Waals surface area contributed by atoms with Crippen LogP contribution in [0.3, 0.4) is 0 Å². The van der Waals surface area contributed by atoms with Crippen molar-refractivity contribution in [1.29, 1.82) is 0 Å². The van der Waals surface area contributed by atoms with Gasteiger partial charge in [0.25, 0.3) is 11.7 Å². The smallest absolute Gasteiger partial charge is 0.295 e. The molecule has 0 spiro atoms. The van der Waals surface area contributed by atoms with E-state index in [0.717, 1.165) is 18.7 Å². The SMILES string of the molecule is CCN(CC)CCN1C(=O)C(=O)/C(=C(/O)c2ccccc2)C1c1ccc(OC(C)C)cc1. The fourth-order valence-corrected chi connectivity index (χ4v) is 4.00. The summed E-state index contributed by atoms with van der Waals surface area (Å²) in [4.78, 5) is 29.9. The van der Waals surface area contributed by atoms with Gasteiger partial charge in [-0.3, -0.25) is 9.59 Å². The third-order valence-electron chi connectivity index (χ3n) is 5.71. The molecule has 0 radical (unpaired) electrons. The molecule has 1 atom stereocenters. The van der Waals surface area contributed by atoms with Crippen LogP contribution in [0.5, 0.6) is 5.75 Å². The second-order valence-corrected chi connectivity index (χ2v) is 8.12. The summed E-state index contributed by atoms with van der Waals surface area (Å²) in [5, 5.41) is 11.0. The van der Waals surface area contributed by atoms with Gasteiger partial charge < -0.3 is 19.6 Å². The molecule has 1 saturated heterocycles. The summed E-state index contributed by atoms with van der Waals surface area (Å²) in [6.07, 6.45) is 0.0404. The van der Waals surface area contributed by atoms with Crippen LogP contribution in [0, 0.1) is 0 Å². The highest BCUT2D eigenvalue weighted by Gasteiger charge is 2.45. The molecule has 1 aliphatic rings. The van der Waals surface area contributed by atoms with Crippen molar-refractivity contribution in [3.05, 3.63) is 71.3 Å². The lowest BCUT2D eigenvalue weighted by Gasteiger charge is -2.28. The number of likely N-dealkylation sites (N-methyl/N-ethyl adjacent to an activating group) is 1. The largest absolute Gasteiger partial charge is 0.507 e. The molecule has 6 heteroatoms. The summed E-state index contributed by atoms with van der Waals surface area (Å²) in [6.45, 7) is 10.8. The fourth-order valence-electron chi connectivity index (χ4n) is 4.00. The van der Waals surface area contributed by atoms with Crippen molar-refractivity contribution in [2.24, 2.45) is 0 Å². The van der Waals surface area contributed by atoms with Crippen LogP contribution in [0.1, 0.15) is 44.9 Å². The molecule has 1 unspecified atom stereocenters.